The average Bonchev–Trinajstić information content (AvgIpc) is 3.46. The summed E-state index contributed by atoms with van der Waals surface area (Å²) in [6, 6.07) is 13.2. The number of aliphatic hydroxyl groups is 1. The minimum atomic E-state index is -0.749. The van der Waals surface area contributed by atoms with Gasteiger partial charge in [0.2, 0.25) is 0 Å². The number of carbonyl (C=O) groups excluding carboxylic acids is 2. The van der Waals surface area contributed by atoms with Crippen molar-refractivity contribution in [2.75, 3.05) is 13.2 Å². The summed E-state index contributed by atoms with van der Waals surface area (Å²) in [5.41, 5.74) is 1.13. The van der Waals surface area contributed by atoms with Gasteiger partial charge in [0.15, 0.2) is 0 Å². The molecule has 1 saturated heterocycles. The van der Waals surface area contributed by atoms with E-state index in [4.69, 9.17) is 16.3 Å². The Hall–Kier alpha value is -3.58. The maximum absolute atomic E-state index is 13.2. The Morgan fingerprint density at radius 2 is 1.94 bits per heavy atom. The highest BCUT2D eigenvalue weighted by Gasteiger charge is 2.45. The van der Waals surface area contributed by atoms with Gasteiger partial charge in [-0.2, -0.15) is 0 Å². The number of hydrogen-bond donors (Lipinski definition) is 1. The fraction of sp³-hybridized carbons (Fsp3) is 0.296. The lowest BCUT2D eigenvalue weighted by molar-refractivity contribution is -0.139. The highest BCUT2D eigenvalue weighted by molar-refractivity contribution is 6.46. The summed E-state index contributed by atoms with van der Waals surface area (Å²) in [6.45, 7) is 3.61. The normalized spacial score (nSPS) is 17.2. The first kappa shape index (κ1) is 24.5. The molecule has 7 nitrogen and oxygen atoms in total. The van der Waals surface area contributed by atoms with Gasteiger partial charge in [-0.3, -0.25) is 9.59 Å². The number of aliphatic hydroxyl groups excluding tert-OH is 1. The van der Waals surface area contributed by atoms with E-state index >= 15 is 0 Å². The first-order valence-electron chi connectivity index (χ1n) is 11.7. The summed E-state index contributed by atoms with van der Waals surface area (Å²) in [4.78, 5) is 31.9. The number of unbranched alkanes of at least 4 members (excludes halogenated alkanes) is 1. The van der Waals surface area contributed by atoms with Gasteiger partial charge in [0.25, 0.3) is 11.7 Å². The highest BCUT2D eigenvalue weighted by Crippen LogP contribution is 2.40. The molecular weight excluding hydrogens is 466 g/mol. The van der Waals surface area contributed by atoms with Crippen molar-refractivity contribution in [2.24, 2.45) is 0 Å². The summed E-state index contributed by atoms with van der Waals surface area (Å²) < 4.78 is 7.68. The van der Waals surface area contributed by atoms with Gasteiger partial charge in [-0.25, -0.2) is 4.98 Å². The van der Waals surface area contributed by atoms with Gasteiger partial charge < -0.3 is 19.3 Å². The number of halogens is 1. The Kier molecular flexibility index (Phi) is 7.87. The fourth-order valence-electron chi connectivity index (χ4n) is 4.20. The van der Waals surface area contributed by atoms with Gasteiger partial charge >= 0.3 is 0 Å². The van der Waals surface area contributed by atoms with Crippen LogP contribution in [-0.2, 0) is 16.1 Å². The maximum atomic E-state index is 13.2. The molecule has 0 spiro atoms. The van der Waals surface area contributed by atoms with Crippen LogP contribution < -0.4 is 4.74 Å². The van der Waals surface area contributed by atoms with E-state index in [2.05, 4.69) is 11.9 Å². The molecular formula is C27H28ClN3O4. The predicted molar refractivity (Wildman–Crippen MR) is 134 cm³/mol. The second-order valence-corrected chi connectivity index (χ2v) is 8.87. The van der Waals surface area contributed by atoms with Crippen LogP contribution in [0.15, 0.2) is 72.8 Å². The molecule has 0 radical (unpaired) electrons. The molecule has 2 heterocycles. The van der Waals surface area contributed by atoms with Gasteiger partial charge in [-0.15, -0.1) is 0 Å². The van der Waals surface area contributed by atoms with Crippen molar-refractivity contribution in [3.8, 4) is 5.75 Å². The number of aryl methyl sites for hydroxylation is 1. The van der Waals surface area contributed by atoms with E-state index < -0.39 is 17.7 Å². The summed E-state index contributed by atoms with van der Waals surface area (Å²) in [5.74, 6) is -0.993. The molecule has 1 unspecified atom stereocenters. The van der Waals surface area contributed by atoms with E-state index in [0.29, 0.717) is 48.0 Å². The van der Waals surface area contributed by atoms with Crippen LogP contribution in [0.4, 0.5) is 0 Å². The van der Waals surface area contributed by atoms with Crippen LogP contribution in [0.1, 0.15) is 43.4 Å². The molecule has 0 saturated carbocycles. The lowest BCUT2D eigenvalue weighted by Crippen LogP contribution is -2.31. The molecule has 0 aliphatic carbocycles. The molecule has 4 rings (SSSR count). The molecule has 1 amide bonds. The number of Topliss-reactive ketones (excluding diaryl/α,β-unsaturated/α-hetero) is 1. The number of amides is 1. The van der Waals surface area contributed by atoms with E-state index in [1.54, 1.807) is 55.0 Å². The van der Waals surface area contributed by atoms with E-state index in [0.717, 1.165) is 12.8 Å². The Balaban J connectivity index is 1.69. The number of ketones is 1. The second-order valence-electron chi connectivity index (χ2n) is 8.43. The van der Waals surface area contributed by atoms with Crippen LogP contribution in [0.3, 0.4) is 0 Å². The standard InChI is InChI=1S/C27H28ClN3O4/c1-2-3-15-35-22-10-5-8-20(17-22)25(32)23-24(19-7-4-9-21(28)16-19)31(27(34)26(23)33)13-6-12-30-14-11-29-18-30/h4-5,7-11,14,16-18,24,32H,2-3,6,12-13,15H2,1H3/b25-23+. The topological polar surface area (TPSA) is 84.7 Å². The molecule has 35 heavy (non-hydrogen) atoms. The van der Waals surface area contributed by atoms with Crippen LogP contribution in [0, 0.1) is 0 Å². The predicted octanol–water partition coefficient (Wildman–Crippen LogP) is 5.23. The average molecular weight is 494 g/mol. The Morgan fingerprint density at radius 1 is 1.11 bits per heavy atom. The van der Waals surface area contributed by atoms with Crippen molar-refractivity contribution in [3.63, 3.8) is 0 Å². The number of carbonyl (C=O) groups is 2. The SMILES string of the molecule is CCCCOc1cccc(/C(O)=C2\C(=O)C(=O)N(CCCn3ccnc3)C2c2cccc(Cl)c2)c1. The summed E-state index contributed by atoms with van der Waals surface area (Å²) in [6.07, 6.45) is 7.77. The van der Waals surface area contributed by atoms with E-state index in [1.165, 1.54) is 4.90 Å². The molecule has 1 fully saturated rings. The van der Waals surface area contributed by atoms with Gasteiger partial charge in [-0.1, -0.05) is 49.2 Å². The van der Waals surface area contributed by atoms with E-state index in [9.17, 15) is 14.7 Å². The molecule has 1 atom stereocenters. The van der Waals surface area contributed by atoms with Crippen molar-refractivity contribution in [3.05, 3.63) is 89.0 Å². The smallest absolute Gasteiger partial charge is 0.295 e. The Labute approximate surface area is 209 Å². The molecule has 182 valence electrons. The van der Waals surface area contributed by atoms with Gasteiger partial charge in [0, 0.05) is 36.1 Å². The third kappa shape index (κ3) is 5.57. The molecule has 1 aromatic heterocycles. The molecule has 3 aromatic rings. The van der Waals surface area contributed by atoms with Gasteiger partial charge in [0.1, 0.15) is 11.5 Å². The lowest BCUT2D eigenvalue weighted by Gasteiger charge is -2.25. The van der Waals surface area contributed by atoms with Gasteiger partial charge in [-0.05, 0) is 42.7 Å². The van der Waals surface area contributed by atoms with Crippen LogP contribution in [0.25, 0.3) is 5.76 Å². The minimum absolute atomic E-state index is 0.0469. The third-order valence-corrected chi connectivity index (χ3v) is 6.19. The fourth-order valence-corrected chi connectivity index (χ4v) is 4.40. The van der Waals surface area contributed by atoms with Crippen LogP contribution in [-0.4, -0.2) is 44.4 Å². The molecule has 1 aliphatic rings. The van der Waals surface area contributed by atoms with E-state index in [1.807, 2.05) is 16.8 Å². The summed E-state index contributed by atoms with van der Waals surface area (Å²) >= 11 is 6.25. The molecule has 2 aromatic carbocycles. The number of ether oxygens (including phenoxy) is 1. The Morgan fingerprint density at radius 3 is 2.69 bits per heavy atom. The van der Waals surface area contributed by atoms with Crippen LogP contribution >= 0.6 is 11.6 Å². The van der Waals surface area contributed by atoms with Crippen molar-refractivity contribution in [1.82, 2.24) is 14.5 Å². The number of hydrogen-bond acceptors (Lipinski definition) is 5. The monoisotopic (exact) mass is 493 g/mol. The maximum Gasteiger partial charge on any atom is 0.295 e. The zero-order valence-corrected chi connectivity index (χ0v) is 20.3. The van der Waals surface area contributed by atoms with E-state index in [-0.39, 0.29) is 11.3 Å². The number of rotatable bonds is 10. The van der Waals surface area contributed by atoms with Crippen molar-refractivity contribution in [2.45, 2.75) is 38.8 Å². The zero-order valence-electron chi connectivity index (χ0n) is 19.6. The van der Waals surface area contributed by atoms with Gasteiger partial charge in [0.05, 0.1) is 24.5 Å². The number of likely N-dealkylation sites (tertiary alicyclic amines) is 1. The second kappa shape index (κ2) is 11.2. The first-order chi connectivity index (χ1) is 17.0. The number of benzene rings is 2. The third-order valence-electron chi connectivity index (χ3n) is 5.95. The van der Waals surface area contributed by atoms with Crippen molar-refractivity contribution >= 4 is 29.1 Å². The number of imidazole rings is 1. The van der Waals surface area contributed by atoms with Crippen LogP contribution in [0.2, 0.25) is 5.02 Å². The number of nitrogens with zero attached hydrogens (tertiary/aromatic N) is 3. The summed E-state index contributed by atoms with van der Waals surface area (Å²) in [5, 5.41) is 11.8. The first-order valence-corrected chi connectivity index (χ1v) is 12.1. The molecule has 1 aliphatic heterocycles. The largest absolute Gasteiger partial charge is 0.507 e. The van der Waals surface area contributed by atoms with Crippen LogP contribution in [0.5, 0.6) is 5.75 Å². The number of aromatic nitrogens is 2. The zero-order chi connectivity index (χ0) is 24.8. The quantitative estimate of drug-likeness (QED) is 0.181. The molecule has 0 bridgehead atoms. The van der Waals surface area contributed by atoms with Crippen molar-refractivity contribution < 1.29 is 19.4 Å². The Bertz CT molecular complexity index is 1220. The lowest BCUT2D eigenvalue weighted by atomic mass is 9.95. The molecule has 8 heteroatoms. The summed E-state index contributed by atoms with van der Waals surface area (Å²) in [7, 11) is 0. The molecule has 1 N–H and O–H groups in total. The van der Waals surface area contributed by atoms with Crippen molar-refractivity contribution in [1.29, 1.82) is 0 Å². The highest BCUT2D eigenvalue weighted by atomic mass is 35.5. The minimum Gasteiger partial charge on any atom is -0.507 e.